The number of anilines is 1. The van der Waals surface area contributed by atoms with Crippen LogP contribution in [0.3, 0.4) is 0 Å². The number of rotatable bonds is 5. The molecule has 6 heteroatoms. The van der Waals surface area contributed by atoms with Crippen LogP contribution >= 0.6 is 0 Å². The lowest BCUT2D eigenvalue weighted by Crippen LogP contribution is -2.36. The zero-order chi connectivity index (χ0) is 19.3. The molecule has 0 aliphatic carbocycles. The molecular formula is C22H25N3O3. The van der Waals surface area contributed by atoms with E-state index < -0.39 is 0 Å². The monoisotopic (exact) mass is 379 g/mol. The fourth-order valence-electron chi connectivity index (χ4n) is 3.79. The Kier molecular flexibility index (Phi) is 5.67. The molecule has 2 aliphatic heterocycles. The largest absolute Gasteiger partial charge is 0.368 e. The molecule has 3 heterocycles. The van der Waals surface area contributed by atoms with Crippen LogP contribution in [0.25, 0.3) is 0 Å². The minimum Gasteiger partial charge on any atom is -0.368 e. The highest BCUT2D eigenvalue weighted by Gasteiger charge is 2.25. The van der Waals surface area contributed by atoms with E-state index in [4.69, 9.17) is 4.74 Å². The van der Waals surface area contributed by atoms with E-state index in [9.17, 15) is 9.59 Å². The molecule has 1 aromatic heterocycles. The van der Waals surface area contributed by atoms with E-state index in [1.165, 1.54) is 5.56 Å². The maximum Gasteiger partial charge on any atom is 0.253 e. The molecule has 28 heavy (non-hydrogen) atoms. The van der Waals surface area contributed by atoms with Gasteiger partial charge in [-0.3, -0.25) is 14.6 Å². The van der Waals surface area contributed by atoms with Gasteiger partial charge >= 0.3 is 0 Å². The summed E-state index contributed by atoms with van der Waals surface area (Å²) in [5, 5.41) is 2.95. The molecule has 0 radical (unpaired) electrons. The van der Waals surface area contributed by atoms with Crippen LogP contribution in [0.4, 0.5) is 5.69 Å². The summed E-state index contributed by atoms with van der Waals surface area (Å²) >= 11 is 0. The summed E-state index contributed by atoms with van der Waals surface area (Å²) in [4.78, 5) is 31.1. The molecule has 146 valence electrons. The summed E-state index contributed by atoms with van der Waals surface area (Å²) in [7, 11) is 0. The molecule has 0 bridgehead atoms. The molecule has 2 aliphatic rings. The number of pyridine rings is 1. The van der Waals surface area contributed by atoms with Crippen LogP contribution in [0, 0.1) is 0 Å². The number of hydrogen-bond donors (Lipinski definition) is 1. The van der Waals surface area contributed by atoms with E-state index >= 15 is 0 Å². The lowest BCUT2D eigenvalue weighted by molar-refractivity contribution is -0.132. The Labute approximate surface area is 164 Å². The highest BCUT2D eigenvalue weighted by molar-refractivity contribution is 5.94. The van der Waals surface area contributed by atoms with Crippen molar-refractivity contribution in [2.45, 2.75) is 44.8 Å². The van der Waals surface area contributed by atoms with Crippen LogP contribution in [-0.2, 0) is 33.7 Å². The number of fused-ring (bicyclic) bond motifs is 1. The zero-order valence-corrected chi connectivity index (χ0v) is 15.9. The third kappa shape index (κ3) is 4.39. The lowest BCUT2D eigenvalue weighted by atomic mass is 9.98. The number of carbonyl (C=O) groups is 2. The van der Waals surface area contributed by atoms with Gasteiger partial charge in [0, 0.05) is 43.7 Å². The van der Waals surface area contributed by atoms with Gasteiger partial charge in [-0.05, 0) is 61.1 Å². The quantitative estimate of drug-likeness (QED) is 0.867. The topological polar surface area (TPSA) is 71.5 Å². The summed E-state index contributed by atoms with van der Waals surface area (Å²) in [6, 6.07) is 11.7. The Morgan fingerprint density at radius 3 is 2.93 bits per heavy atom. The molecule has 1 saturated heterocycles. The van der Waals surface area contributed by atoms with Crippen molar-refractivity contribution in [2.24, 2.45) is 0 Å². The van der Waals surface area contributed by atoms with E-state index in [1.807, 2.05) is 35.2 Å². The smallest absolute Gasteiger partial charge is 0.253 e. The van der Waals surface area contributed by atoms with E-state index in [0.29, 0.717) is 26.0 Å². The van der Waals surface area contributed by atoms with Crippen molar-refractivity contribution < 1.29 is 14.3 Å². The maximum absolute atomic E-state index is 12.6. The van der Waals surface area contributed by atoms with E-state index in [2.05, 4.69) is 16.4 Å². The van der Waals surface area contributed by atoms with Gasteiger partial charge in [-0.1, -0.05) is 12.1 Å². The lowest BCUT2D eigenvalue weighted by Gasteiger charge is -2.29. The summed E-state index contributed by atoms with van der Waals surface area (Å²) < 4.78 is 5.44. The first-order chi connectivity index (χ1) is 13.7. The third-order valence-corrected chi connectivity index (χ3v) is 5.38. The highest BCUT2D eigenvalue weighted by atomic mass is 16.5. The molecule has 1 aromatic carbocycles. The average molecular weight is 379 g/mol. The number of hydrogen-bond acceptors (Lipinski definition) is 4. The van der Waals surface area contributed by atoms with Crippen molar-refractivity contribution >= 4 is 17.5 Å². The van der Waals surface area contributed by atoms with E-state index in [1.54, 1.807) is 6.20 Å². The Bertz CT molecular complexity index is 847. The first kappa shape index (κ1) is 18.6. The van der Waals surface area contributed by atoms with E-state index in [0.717, 1.165) is 42.8 Å². The van der Waals surface area contributed by atoms with Gasteiger partial charge in [0.25, 0.3) is 5.91 Å². The maximum atomic E-state index is 12.6. The van der Waals surface area contributed by atoms with Gasteiger partial charge in [0.1, 0.15) is 6.10 Å². The van der Waals surface area contributed by atoms with Crippen molar-refractivity contribution in [3.05, 3.63) is 59.4 Å². The number of aryl methyl sites for hydroxylation is 1. The number of nitrogens with one attached hydrogen (secondary N) is 1. The molecule has 4 rings (SSSR count). The molecule has 0 unspecified atom stereocenters. The predicted octanol–water partition coefficient (Wildman–Crippen LogP) is 2.72. The van der Waals surface area contributed by atoms with Crippen LogP contribution in [0.2, 0.25) is 0 Å². The first-order valence-corrected chi connectivity index (χ1v) is 9.91. The van der Waals surface area contributed by atoms with Crippen molar-refractivity contribution in [3.8, 4) is 0 Å². The number of amides is 2. The summed E-state index contributed by atoms with van der Waals surface area (Å²) in [5.41, 5.74) is 4.04. The van der Waals surface area contributed by atoms with Crippen molar-refractivity contribution in [1.82, 2.24) is 9.88 Å². The van der Waals surface area contributed by atoms with Gasteiger partial charge in [0.2, 0.25) is 5.91 Å². The van der Waals surface area contributed by atoms with Gasteiger partial charge in [-0.2, -0.15) is 0 Å². The predicted molar refractivity (Wildman–Crippen MR) is 106 cm³/mol. The Hall–Kier alpha value is -2.73. The van der Waals surface area contributed by atoms with Crippen LogP contribution in [0.15, 0.2) is 42.6 Å². The second kappa shape index (κ2) is 8.52. The summed E-state index contributed by atoms with van der Waals surface area (Å²) in [5.74, 6) is 0.0571. The fourth-order valence-corrected chi connectivity index (χ4v) is 3.79. The minimum absolute atomic E-state index is 0.0865. The molecule has 0 saturated carbocycles. The molecule has 1 N–H and O–H groups in total. The normalized spacial score (nSPS) is 18.6. The number of benzene rings is 1. The Morgan fingerprint density at radius 1 is 1.21 bits per heavy atom. The number of ether oxygens (including phenoxy) is 1. The fraction of sp³-hybridized carbons (Fsp3) is 0.409. The molecule has 6 nitrogen and oxygen atoms in total. The standard InChI is InChI=1S/C22H25N3O3/c26-21(9-8-18-4-1-2-11-23-18)25-12-10-16-6-7-19(14-17(16)15-25)24-22(27)20-5-3-13-28-20/h1-2,4,6-7,11,14,20H,3,5,8-10,12-13,15H2,(H,24,27)/t20-/m1/s1. The molecular weight excluding hydrogens is 354 g/mol. The molecule has 1 fully saturated rings. The van der Waals surface area contributed by atoms with Gasteiger partial charge in [-0.15, -0.1) is 0 Å². The second-order valence-corrected chi connectivity index (χ2v) is 7.36. The molecule has 2 amide bonds. The highest BCUT2D eigenvalue weighted by Crippen LogP contribution is 2.24. The number of nitrogens with zero attached hydrogens (tertiary/aromatic N) is 2. The third-order valence-electron chi connectivity index (χ3n) is 5.38. The zero-order valence-electron chi connectivity index (χ0n) is 15.9. The SMILES string of the molecule is O=C(Nc1ccc2c(c1)CN(C(=O)CCc1ccccn1)CC2)[C@H]1CCCO1. The first-order valence-electron chi connectivity index (χ1n) is 9.91. The van der Waals surface area contributed by atoms with Crippen molar-refractivity contribution in [1.29, 1.82) is 0 Å². The summed E-state index contributed by atoms with van der Waals surface area (Å²) in [6.45, 7) is 1.97. The van der Waals surface area contributed by atoms with Crippen LogP contribution < -0.4 is 5.32 Å². The van der Waals surface area contributed by atoms with Gasteiger partial charge in [0.05, 0.1) is 0 Å². The molecule has 1 atom stereocenters. The second-order valence-electron chi connectivity index (χ2n) is 7.36. The molecule has 2 aromatic rings. The average Bonchev–Trinajstić information content (AvgIpc) is 3.27. The van der Waals surface area contributed by atoms with Gasteiger partial charge < -0.3 is 15.0 Å². The van der Waals surface area contributed by atoms with Gasteiger partial charge in [0.15, 0.2) is 0 Å². The number of carbonyl (C=O) groups excluding carboxylic acids is 2. The Balaban J connectivity index is 1.36. The van der Waals surface area contributed by atoms with Crippen molar-refractivity contribution in [3.63, 3.8) is 0 Å². The molecule has 0 spiro atoms. The van der Waals surface area contributed by atoms with Crippen molar-refractivity contribution in [2.75, 3.05) is 18.5 Å². The van der Waals surface area contributed by atoms with Crippen LogP contribution in [0.5, 0.6) is 0 Å². The van der Waals surface area contributed by atoms with E-state index in [-0.39, 0.29) is 17.9 Å². The van der Waals surface area contributed by atoms with Crippen LogP contribution in [0.1, 0.15) is 36.1 Å². The Morgan fingerprint density at radius 2 is 2.14 bits per heavy atom. The van der Waals surface area contributed by atoms with Crippen LogP contribution in [-0.4, -0.2) is 41.0 Å². The minimum atomic E-state index is -0.347. The van der Waals surface area contributed by atoms with Gasteiger partial charge in [-0.25, -0.2) is 0 Å². The summed E-state index contributed by atoms with van der Waals surface area (Å²) in [6.07, 6.45) is 5.06. The number of aromatic nitrogens is 1.